The van der Waals surface area contributed by atoms with E-state index in [1.54, 1.807) is 6.08 Å². The van der Waals surface area contributed by atoms with Gasteiger partial charge in [-0.05, 0) is 35.6 Å². The molecule has 1 unspecified atom stereocenters. The molecule has 0 saturated heterocycles. The Kier molecular flexibility index (Phi) is 3.79. The van der Waals surface area contributed by atoms with Crippen molar-refractivity contribution in [2.45, 2.75) is 18.2 Å². The summed E-state index contributed by atoms with van der Waals surface area (Å²) >= 11 is 6.76. The Morgan fingerprint density at radius 2 is 1.85 bits per heavy atom. The summed E-state index contributed by atoms with van der Waals surface area (Å²) in [5.74, 6) is 0.874. The van der Waals surface area contributed by atoms with E-state index in [1.807, 2.05) is 18.2 Å². The zero-order valence-corrected chi connectivity index (χ0v) is 12.1. The molecule has 0 saturated carbocycles. The van der Waals surface area contributed by atoms with Crippen molar-refractivity contribution in [1.82, 2.24) is 0 Å². The Bertz CT molecular complexity index is 633. The maximum absolute atomic E-state index is 6.76. The van der Waals surface area contributed by atoms with Gasteiger partial charge in [-0.15, -0.1) is 11.6 Å². The van der Waals surface area contributed by atoms with E-state index in [2.05, 4.69) is 30.8 Å². The number of halogens is 1. The minimum absolute atomic E-state index is 0.148. The highest BCUT2D eigenvalue weighted by molar-refractivity contribution is 6.23. The van der Waals surface area contributed by atoms with E-state index < -0.39 is 0 Å². The van der Waals surface area contributed by atoms with Gasteiger partial charge in [0, 0.05) is 5.56 Å². The standard InChI is InChI=1S/C18H17ClO/c1-2-12-20-16-9-5-7-14-11-10-13-6-3-4-8-15(13)18(19)17(14)16/h2-9,18H,1,10-12H2. The first-order valence-corrected chi connectivity index (χ1v) is 7.32. The number of fused-ring (bicyclic) bond motifs is 2. The van der Waals surface area contributed by atoms with E-state index in [9.17, 15) is 0 Å². The second-order valence-electron chi connectivity index (χ2n) is 4.99. The summed E-state index contributed by atoms with van der Waals surface area (Å²) in [5, 5.41) is -0.148. The van der Waals surface area contributed by atoms with Crippen molar-refractivity contribution in [2.75, 3.05) is 6.61 Å². The molecule has 0 aliphatic heterocycles. The molecule has 102 valence electrons. The zero-order valence-electron chi connectivity index (χ0n) is 11.3. The number of ether oxygens (including phenoxy) is 1. The fraction of sp³-hybridized carbons (Fsp3) is 0.222. The third-order valence-electron chi connectivity index (χ3n) is 3.76. The normalized spacial score (nSPS) is 16.8. The molecule has 2 aromatic carbocycles. The van der Waals surface area contributed by atoms with Crippen LogP contribution in [0.5, 0.6) is 5.75 Å². The second kappa shape index (κ2) is 5.72. The summed E-state index contributed by atoms with van der Waals surface area (Å²) in [4.78, 5) is 0. The van der Waals surface area contributed by atoms with Crippen LogP contribution in [0.25, 0.3) is 0 Å². The van der Waals surface area contributed by atoms with E-state index in [0.717, 1.165) is 24.2 Å². The van der Waals surface area contributed by atoms with Crippen LogP contribution in [-0.2, 0) is 12.8 Å². The summed E-state index contributed by atoms with van der Waals surface area (Å²) in [6.45, 7) is 4.21. The average Bonchev–Trinajstić information content (AvgIpc) is 2.64. The number of benzene rings is 2. The van der Waals surface area contributed by atoms with Crippen molar-refractivity contribution in [1.29, 1.82) is 0 Å². The van der Waals surface area contributed by atoms with Crippen molar-refractivity contribution in [3.05, 3.63) is 77.4 Å². The smallest absolute Gasteiger partial charge is 0.125 e. The molecule has 0 fully saturated rings. The van der Waals surface area contributed by atoms with E-state index in [0.29, 0.717) is 6.61 Å². The Morgan fingerprint density at radius 3 is 2.70 bits per heavy atom. The van der Waals surface area contributed by atoms with E-state index in [4.69, 9.17) is 16.3 Å². The summed E-state index contributed by atoms with van der Waals surface area (Å²) in [6.07, 6.45) is 3.78. The topological polar surface area (TPSA) is 9.23 Å². The Balaban J connectivity index is 2.10. The largest absolute Gasteiger partial charge is 0.489 e. The molecule has 0 amide bonds. The van der Waals surface area contributed by atoms with Crippen molar-refractivity contribution >= 4 is 11.6 Å². The molecule has 0 spiro atoms. The number of alkyl halides is 1. The van der Waals surface area contributed by atoms with Gasteiger partial charge in [0.05, 0.1) is 5.38 Å². The third kappa shape index (κ3) is 2.34. The molecular formula is C18H17ClO. The number of hydrogen-bond acceptors (Lipinski definition) is 1. The molecule has 3 rings (SSSR count). The third-order valence-corrected chi connectivity index (χ3v) is 4.21. The van der Waals surface area contributed by atoms with Crippen molar-refractivity contribution in [3.8, 4) is 5.75 Å². The number of hydrogen-bond donors (Lipinski definition) is 0. The van der Waals surface area contributed by atoms with Gasteiger partial charge >= 0.3 is 0 Å². The first kappa shape index (κ1) is 13.3. The van der Waals surface area contributed by atoms with Gasteiger partial charge in [0.1, 0.15) is 12.4 Å². The van der Waals surface area contributed by atoms with Crippen LogP contribution in [0, 0.1) is 0 Å². The van der Waals surface area contributed by atoms with Gasteiger partial charge < -0.3 is 4.74 Å². The molecule has 0 bridgehead atoms. The van der Waals surface area contributed by atoms with Gasteiger partial charge in [-0.2, -0.15) is 0 Å². The number of rotatable bonds is 3. The monoisotopic (exact) mass is 284 g/mol. The SMILES string of the molecule is C=CCOc1cccc2c1C(Cl)c1ccccc1CC2. The minimum atomic E-state index is -0.148. The lowest BCUT2D eigenvalue weighted by Gasteiger charge is -2.17. The van der Waals surface area contributed by atoms with Gasteiger partial charge in [-0.3, -0.25) is 0 Å². The molecule has 0 heterocycles. The van der Waals surface area contributed by atoms with E-state index in [1.165, 1.54) is 16.7 Å². The molecule has 0 N–H and O–H groups in total. The fourth-order valence-electron chi connectivity index (χ4n) is 2.80. The highest BCUT2D eigenvalue weighted by atomic mass is 35.5. The predicted molar refractivity (Wildman–Crippen MR) is 83.7 cm³/mol. The van der Waals surface area contributed by atoms with Crippen LogP contribution in [0.4, 0.5) is 0 Å². The molecule has 1 atom stereocenters. The predicted octanol–water partition coefficient (Wildman–Crippen LogP) is 4.68. The molecule has 0 radical (unpaired) electrons. The molecule has 1 nitrogen and oxygen atoms in total. The Hall–Kier alpha value is -1.73. The van der Waals surface area contributed by atoms with Crippen LogP contribution < -0.4 is 4.74 Å². The molecule has 1 aliphatic rings. The molecule has 1 aliphatic carbocycles. The van der Waals surface area contributed by atoms with Gasteiger partial charge in [-0.1, -0.05) is 49.1 Å². The van der Waals surface area contributed by atoms with Crippen LogP contribution in [-0.4, -0.2) is 6.61 Å². The van der Waals surface area contributed by atoms with E-state index in [-0.39, 0.29) is 5.38 Å². The maximum atomic E-state index is 6.76. The molecular weight excluding hydrogens is 268 g/mol. The molecule has 2 heteroatoms. The average molecular weight is 285 g/mol. The Morgan fingerprint density at radius 1 is 1.10 bits per heavy atom. The lowest BCUT2D eigenvalue weighted by molar-refractivity contribution is 0.359. The van der Waals surface area contributed by atoms with Gasteiger partial charge in [0.2, 0.25) is 0 Å². The van der Waals surface area contributed by atoms with Crippen LogP contribution in [0.1, 0.15) is 27.6 Å². The quantitative estimate of drug-likeness (QED) is 0.587. The first-order chi connectivity index (χ1) is 9.81. The van der Waals surface area contributed by atoms with Crippen LogP contribution in [0.15, 0.2) is 55.1 Å². The highest BCUT2D eigenvalue weighted by Crippen LogP contribution is 2.41. The summed E-state index contributed by atoms with van der Waals surface area (Å²) < 4.78 is 5.79. The van der Waals surface area contributed by atoms with Gasteiger partial charge in [-0.25, -0.2) is 0 Å². The van der Waals surface area contributed by atoms with Gasteiger partial charge in [0.15, 0.2) is 0 Å². The summed E-state index contributed by atoms with van der Waals surface area (Å²) in [5.41, 5.74) is 4.92. The summed E-state index contributed by atoms with van der Waals surface area (Å²) in [7, 11) is 0. The molecule has 2 aromatic rings. The number of aryl methyl sites for hydroxylation is 2. The first-order valence-electron chi connectivity index (χ1n) is 6.88. The minimum Gasteiger partial charge on any atom is -0.489 e. The van der Waals surface area contributed by atoms with Crippen LogP contribution >= 0.6 is 11.6 Å². The van der Waals surface area contributed by atoms with Gasteiger partial charge in [0.25, 0.3) is 0 Å². The summed E-state index contributed by atoms with van der Waals surface area (Å²) in [6, 6.07) is 14.6. The lowest BCUT2D eigenvalue weighted by Crippen LogP contribution is -2.03. The highest BCUT2D eigenvalue weighted by Gasteiger charge is 2.24. The van der Waals surface area contributed by atoms with Crippen molar-refractivity contribution < 1.29 is 4.74 Å². The fourth-order valence-corrected chi connectivity index (χ4v) is 3.26. The maximum Gasteiger partial charge on any atom is 0.125 e. The van der Waals surface area contributed by atoms with Crippen LogP contribution in [0.3, 0.4) is 0 Å². The Labute approximate surface area is 124 Å². The molecule has 0 aromatic heterocycles. The molecule has 20 heavy (non-hydrogen) atoms. The van der Waals surface area contributed by atoms with Crippen LogP contribution in [0.2, 0.25) is 0 Å². The second-order valence-corrected chi connectivity index (χ2v) is 5.43. The zero-order chi connectivity index (χ0) is 13.9. The van der Waals surface area contributed by atoms with Crippen molar-refractivity contribution in [3.63, 3.8) is 0 Å². The van der Waals surface area contributed by atoms with E-state index >= 15 is 0 Å². The van der Waals surface area contributed by atoms with Crippen molar-refractivity contribution in [2.24, 2.45) is 0 Å². The lowest BCUT2D eigenvalue weighted by atomic mass is 9.99.